The molecular weight excluding hydrogens is 241 g/mol. The average molecular weight is 265 g/mol. The second-order valence-electron chi connectivity index (χ2n) is 5.29. The standard InChI is InChI=1S/C15H24FN3/c1-3-7-18-8-10-19(11-9-18)14-6-4-5-13(16)15(14)12(2)17/h4-6,12H,3,7-11,17H2,1-2H3/t12-/m1/s1. The third kappa shape index (κ3) is 3.25. The van der Waals surface area contributed by atoms with Crippen molar-refractivity contribution in [3.8, 4) is 0 Å². The number of anilines is 1. The minimum absolute atomic E-state index is 0.191. The predicted molar refractivity (Wildman–Crippen MR) is 77.9 cm³/mol. The van der Waals surface area contributed by atoms with Crippen LogP contribution in [-0.4, -0.2) is 37.6 Å². The van der Waals surface area contributed by atoms with Gasteiger partial charge in [0, 0.05) is 43.5 Å². The van der Waals surface area contributed by atoms with Crippen LogP contribution in [0.2, 0.25) is 0 Å². The zero-order chi connectivity index (χ0) is 13.8. The molecule has 1 aliphatic rings. The molecule has 0 bridgehead atoms. The van der Waals surface area contributed by atoms with Gasteiger partial charge in [0.05, 0.1) is 0 Å². The van der Waals surface area contributed by atoms with Crippen LogP contribution in [0, 0.1) is 5.82 Å². The summed E-state index contributed by atoms with van der Waals surface area (Å²) in [7, 11) is 0. The Morgan fingerprint density at radius 2 is 1.95 bits per heavy atom. The Labute approximate surface area is 115 Å². The third-order valence-corrected chi connectivity index (χ3v) is 3.74. The molecule has 1 fully saturated rings. The lowest BCUT2D eigenvalue weighted by molar-refractivity contribution is 0.258. The zero-order valence-electron chi connectivity index (χ0n) is 11.9. The van der Waals surface area contributed by atoms with Gasteiger partial charge in [-0.2, -0.15) is 0 Å². The van der Waals surface area contributed by atoms with Gasteiger partial charge in [-0.05, 0) is 32.0 Å². The molecule has 1 aromatic rings. The van der Waals surface area contributed by atoms with Crippen LogP contribution in [0.4, 0.5) is 10.1 Å². The highest BCUT2D eigenvalue weighted by Gasteiger charge is 2.21. The lowest BCUT2D eigenvalue weighted by Gasteiger charge is -2.37. The Morgan fingerprint density at radius 1 is 1.26 bits per heavy atom. The Morgan fingerprint density at radius 3 is 2.53 bits per heavy atom. The van der Waals surface area contributed by atoms with Crippen molar-refractivity contribution in [3.05, 3.63) is 29.6 Å². The summed E-state index contributed by atoms with van der Waals surface area (Å²) in [5, 5.41) is 0. The van der Waals surface area contributed by atoms with Crippen LogP contribution in [0.25, 0.3) is 0 Å². The van der Waals surface area contributed by atoms with Gasteiger partial charge < -0.3 is 10.6 Å². The monoisotopic (exact) mass is 265 g/mol. The molecule has 2 N–H and O–H groups in total. The highest BCUT2D eigenvalue weighted by molar-refractivity contribution is 5.55. The van der Waals surface area contributed by atoms with Gasteiger partial charge in [0.25, 0.3) is 0 Å². The van der Waals surface area contributed by atoms with E-state index in [1.165, 1.54) is 12.5 Å². The minimum Gasteiger partial charge on any atom is -0.369 e. The molecule has 1 aromatic carbocycles. The van der Waals surface area contributed by atoms with E-state index >= 15 is 0 Å². The first-order chi connectivity index (χ1) is 9.13. The molecule has 0 saturated carbocycles. The van der Waals surface area contributed by atoms with E-state index in [0.29, 0.717) is 5.56 Å². The Kier molecular flexibility index (Phi) is 4.77. The quantitative estimate of drug-likeness (QED) is 0.907. The lowest BCUT2D eigenvalue weighted by Crippen LogP contribution is -2.47. The molecule has 0 aliphatic carbocycles. The van der Waals surface area contributed by atoms with Gasteiger partial charge >= 0.3 is 0 Å². The summed E-state index contributed by atoms with van der Waals surface area (Å²) in [5.74, 6) is -0.191. The summed E-state index contributed by atoms with van der Waals surface area (Å²) in [6.45, 7) is 9.18. The molecular formula is C15H24FN3. The Balaban J connectivity index is 2.13. The summed E-state index contributed by atoms with van der Waals surface area (Å²) in [5.41, 5.74) is 7.53. The van der Waals surface area contributed by atoms with E-state index in [4.69, 9.17) is 5.73 Å². The molecule has 1 heterocycles. The number of benzene rings is 1. The first-order valence-electron chi connectivity index (χ1n) is 7.14. The van der Waals surface area contributed by atoms with E-state index in [0.717, 1.165) is 38.4 Å². The summed E-state index contributed by atoms with van der Waals surface area (Å²) < 4.78 is 13.9. The molecule has 0 unspecified atom stereocenters. The molecule has 1 saturated heterocycles. The van der Waals surface area contributed by atoms with Gasteiger partial charge in [0.1, 0.15) is 5.82 Å². The minimum atomic E-state index is -0.273. The molecule has 0 spiro atoms. The zero-order valence-corrected chi connectivity index (χ0v) is 11.9. The Bertz CT molecular complexity index is 412. The average Bonchev–Trinajstić information content (AvgIpc) is 2.39. The van der Waals surface area contributed by atoms with Crippen LogP contribution < -0.4 is 10.6 Å². The second kappa shape index (κ2) is 6.35. The molecule has 0 aromatic heterocycles. The van der Waals surface area contributed by atoms with Crippen LogP contribution in [0.15, 0.2) is 18.2 Å². The third-order valence-electron chi connectivity index (χ3n) is 3.74. The van der Waals surface area contributed by atoms with Crippen molar-refractivity contribution >= 4 is 5.69 Å². The number of hydrogen-bond donors (Lipinski definition) is 1. The van der Waals surface area contributed by atoms with Crippen LogP contribution >= 0.6 is 0 Å². The molecule has 1 atom stereocenters. The van der Waals surface area contributed by atoms with Gasteiger partial charge in [0.2, 0.25) is 0 Å². The maximum atomic E-state index is 13.9. The largest absolute Gasteiger partial charge is 0.369 e. The maximum absolute atomic E-state index is 13.9. The fourth-order valence-electron chi connectivity index (χ4n) is 2.78. The lowest BCUT2D eigenvalue weighted by atomic mass is 10.0. The van der Waals surface area contributed by atoms with Crippen molar-refractivity contribution in [2.45, 2.75) is 26.3 Å². The van der Waals surface area contributed by atoms with E-state index in [1.807, 2.05) is 13.0 Å². The van der Waals surface area contributed by atoms with Crippen LogP contribution in [0.3, 0.4) is 0 Å². The van der Waals surface area contributed by atoms with E-state index < -0.39 is 0 Å². The molecule has 2 rings (SSSR count). The molecule has 0 amide bonds. The summed E-state index contributed by atoms with van der Waals surface area (Å²) >= 11 is 0. The number of halogens is 1. The molecule has 19 heavy (non-hydrogen) atoms. The van der Waals surface area contributed by atoms with Gasteiger partial charge in [0.15, 0.2) is 0 Å². The van der Waals surface area contributed by atoms with E-state index in [1.54, 1.807) is 6.07 Å². The summed E-state index contributed by atoms with van der Waals surface area (Å²) in [4.78, 5) is 4.72. The first-order valence-corrected chi connectivity index (χ1v) is 7.14. The van der Waals surface area contributed by atoms with Gasteiger partial charge in [-0.15, -0.1) is 0 Å². The second-order valence-corrected chi connectivity index (χ2v) is 5.29. The van der Waals surface area contributed by atoms with Crippen LogP contribution in [0.1, 0.15) is 31.9 Å². The highest BCUT2D eigenvalue weighted by atomic mass is 19.1. The van der Waals surface area contributed by atoms with Gasteiger partial charge in [-0.3, -0.25) is 4.90 Å². The molecule has 3 nitrogen and oxygen atoms in total. The number of nitrogens with two attached hydrogens (primary N) is 1. The van der Waals surface area contributed by atoms with Crippen LogP contribution in [-0.2, 0) is 0 Å². The van der Waals surface area contributed by atoms with Crippen molar-refractivity contribution in [1.29, 1.82) is 0 Å². The summed E-state index contributed by atoms with van der Waals surface area (Å²) in [6.07, 6.45) is 1.19. The maximum Gasteiger partial charge on any atom is 0.130 e. The van der Waals surface area contributed by atoms with Crippen molar-refractivity contribution in [3.63, 3.8) is 0 Å². The van der Waals surface area contributed by atoms with Crippen molar-refractivity contribution in [2.75, 3.05) is 37.6 Å². The molecule has 4 heteroatoms. The number of piperazine rings is 1. The first kappa shape index (κ1) is 14.3. The fraction of sp³-hybridized carbons (Fsp3) is 0.600. The van der Waals surface area contributed by atoms with Crippen molar-refractivity contribution < 1.29 is 4.39 Å². The highest BCUT2D eigenvalue weighted by Crippen LogP contribution is 2.28. The number of hydrogen-bond acceptors (Lipinski definition) is 3. The van der Waals surface area contributed by atoms with Crippen molar-refractivity contribution in [1.82, 2.24) is 4.90 Å². The summed E-state index contributed by atoms with van der Waals surface area (Å²) in [6, 6.07) is 4.98. The normalized spacial score (nSPS) is 18.6. The number of nitrogens with zero attached hydrogens (tertiary/aromatic N) is 2. The number of rotatable bonds is 4. The fourth-order valence-corrected chi connectivity index (χ4v) is 2.78. The van der Waals surface area contributed by atoms with Gasteiger partial charge in [-0.25, -0.2) is 4.39 Å². The topological polar surface area (TPSA) is 32.5 Å². The Hall–Kier alpha value is -1.13. The predicted octanol–water partition coefficient (Wildman–Crippen LogP) is 2.38. The SMILES string of the molecule is CCCN1CCN(c2cccc(F)c2[C@@H](C)N)CC1. The smallest absolute Gasteiger partial charge is 0.130 e. The van der Waals surface area contributed by atoms with E-state index in [9.17, 15) is 4.39 Å². The van der Waals surface area contributed by atoms with E-state index in [-0.39, 0.29) is 11.9 Å². The van der Waals surface area contributed by atoms with Gasteiger partial charge in [-0.1, -0.05) is 13.0 Å². The van der Waals surface area contributed by atoms with Crippen molar-refractivity contribution in [2.24, 2.45) is 5.73 Å². The molecule has 0 radical (unpaired) electrons. The molecule has 1 aliphatic heterocycles. The molecule has 106 valence electrons. The van der Waals surface area contributed by atoms with E-state index in [2.05, 4.69) is 16.7 Å². The van der Waals surface area contributed by atoms with Crippen LogP contribution in [0.5, 0.6) is 0 Å².